The fourth-order valence-corrected chi connectivity index (χ4v) is 1.61. The van der Waals surface area contributed by atoms with Crippen LogP contribution in [0, 0.1) is 0 Å². The van der Waals surface area contributed by atoms with E-state index in [1.807, 2.05) is 36.4 Å². The van der Waals surface area contributed by atoms with Gasteiger partial charge in [-0.3, -0.25) is 0 Å². The van der Waals surface area contributed by atoms with Crippen molar-refractivity contribution in [3.8, 4) is 5.75 Å². The minimum atomic E-state index is -0.479. The first-order valence-electron chi connectivity index (χ1n) is 5.96. The number of ether oxygens (including phenoxy) is 1. The summed E-state index contributed by atoms with van der Waals surface area (Å²) < 4.78 is 5.07. The molecule has 0 fully saturated rings. The molecule has 0 saturated carbocycles. The average molecular weight is 257 g/mol. The van der Waals surface area contributed by atoms with Crippen LogP contribution in [-0.4, -0.2) is 11.2 Å². The second kappa shape index (κ2) is 6.44. The minimum absolute atomic E-state index is 0.178. The average Bonchev–Trinajstić information content (AvgIpc) is 2.44. The third kappa shape index (κ3) is 4.35. The number of carbonyl (C=O) groups is 1. The van der Waals surface area contributed by atoms with Crippen LogP contribution in [0.5, 0.6) is 5.75 Å². The Labute approximate surface area is 111 Å². The first-order valence-corrected chi connectivity index (χ1v) is 5.96. The molecule has 0 heterocycles. The van der Waals surface area contributed by atoms with E-state index in [4.69, 9.17) is 4.74 Å². The van der Waals surface area contributed by atoms with Gasteiger partial charge in [-0.1, -0.05) is 42.5 Å². The SMILES string of the molecule is O=C(NCc1cccc(O)c1)OCc1ccccc1. The first-order chi connectivity index (χ1) is 9.24. The Bertz CT molecular complexity index is 540. The smallest absolute Gasteiger partial charge is 0.407 e. The Kier molecular flexibility index (Phi) is 4.39. The maximum atomic E-state index is 11.5. The minimum Gasteiger partial charge on any atom is -0.508 e. The van der Waals surface area contributed by atoms with Crippen LogP contribution in [0.25, 0.3) is 0 Å². The van der Waals surface area contributed by atoms with Crippen LogP contribution in [-0.2, 0) is 17.9 Å². The molecule has 0 aliphatic rings. The number of phenolic OH excluding ortho intramolecular Hbond substituents is 1. The summed E-state index contributed by atoms with van der Waals surface area (Å²) in [4.78, 5) is 11.5. The van der Waals surface area contributed by atoms with Gasteiger partial charge in [0.1, 0.15) is 12.4 Å². The molecule has 2 aromatic carbocycles. The zero-order chi connectivity index (χ0) is 13.5. The van der Waals surface area contributed by atoms with E-state index in [0.717, 1.165) is 11.1 Å². The Morgan fingerprint density at radius 2 is 1.79 bits per heavy atom. The summed E-state index contributed by atoms with van der Waals surface area (Å²) in [5.74, 6) is 0.178. The van der Waals surface area contributed by atoms with Gasteiger partial charge in [0.25, 0.3) is 0 Å². The van der Waals surface area contributed by atoms with Crippen molar-refractivity contribution in [3.05, 3.63) is 65.7 Å². The second-order valence-electron chi connectivity index (χ2n) is 4.09. The van der Waals surface area contributed by atoms with Gasteiger partial charge in [-0.25, -0.2) is 4.79 Å². The molecule has 2 rings (SSSR count). The van der Waals surface area contributed by atoms with Gasteiger partial charge in [0.05, 0.1) is 0 Å². The molecule has 0 aliphatic carbocycles. The summed E-state index contributed by atoms with van der Waals surface area (Å²) in [5, 5.41) is 11.9. The quantitative estimate of drug-likeness (QED) is 0.885. The Balaban J connectivity index is 1.76. The lowest BCUT2D eigenvalue weighted by atomic mass is 10.2. The lowest BCUT2D eigenvalue weighted by molar-refractivity contribution is 0.139. The van der Waals surface area contributed by atoms with Crippen molar-refractivity contribution in [1.29, 1.82) is 0 Å². The third-order valence-corrected chi connectivity index (χ3v) is 2.56. The number of nitrogens with one attached hydrogen (secondary N) is 1. The van der Waals surface area contributed by atoms with E-state index >= 15 is 0 Å². The van der Waals surface area contributed by atoms with Crippen LogP contribution in [0.1, 0.15) is 11.1 Å². The number of hydrogen-bond donors (Lipinski definition) is 2. The van der Waals surface area contributed by atoms with Crippen LogP contribution in [0.4, 0.5) is 4.79 Å². The second-order valence-corrected chi connectivity index (χ2v) is 4.09. The van der Waals surface area contributed by atoms with Crippen molar-refractivity contribution >= 4 is 6.09 Å². The molecule has 0 radical (unpaired) electrons. The van der Waals surface area contributed by atoms with Crippen LogP contribution in [0.3, 0.4) is 0 Å². The number of carbonyl (C=O) groups excluding carboxylic acids is 1. The van der Waals surface area contributed by atoms with Gasteiger partial charge in [0, 0.05) is 6.54 Å². The van der Waals surface area contributed by atoms with Gasteiger partial charge in [-0.2, -0.15) is 0 Å². The molecule has 0 bridgehead atoms. The van der Waals surface area contributed by atoms with Crippen LogP contribution >= 0.6 is 0 Å². The van der Waals surface area contributed by atoms with Crippen molar-refractivity contribution in [2.75, 3.05) is 0 Å². The standard InChI is InChI=1S/C15H15NO3/c17-14-8-4-7-13(9-14)10-16-15(18)19-11-12-5-2-1-3-6-12/h1-9,17H,10-11H2,(H,16,18). The van der Waals surface area contributed by atoms with Crippen molar-refractivity contribution in [1.82, 2.24) is 5.32 Å². The Morgan fingerprint density at radius 3 is 2.53 bits per heavy atom. The fourth-order valence-electron chi connectivity index (χ4n) is 1.61. The number of rotatable bonds is 4. The largest absolute Gasteiger partial charge is 0.508 e. The highest BCUT2D eigenvalue weighted by molar-refractivity contribution is 5.67. The summed E-state index contributed by atoms with van der Waals surface area (Å²) in [5.41, 5.74) is 1.76. The molecule has 19 heavy (non-hydrogen) atoms. The van der Waals surface area contributed by atoms with E-state index in [2.05, 4.69) is 5.32 Å². The zero-order valence-electron chi connectivity index (χ0n) is 10.4. The maximum absolute atomic E-state index is 11.5. The van der Waals surface area contributed by atoms with Crippen LogP contribution in [0.15, 0.2) is 54.6 Å². The van der Waals surface area contributed by atoms with Crippen molar-refractivity contribution in [3.63, 3.8) is 0 Å². The lowest BCUT2D eigenvalue weighted by Crippen LogP contribution is -2.23. The summed E-state index contributed by atoms with van der Waals surface area (Å²) >= 11 is 0. The lowest BCUT2D eigenvalue weighted by Gasteiger charge is -2.07. The summed E-state index contributed by atoms with van der Waals surface area (Å²) in [6, 6.07) is 16.2. The predicted molar refractivity (Wildman–Crippen MR) is 71.6 cm³/mol. The molecule has 98 valence electrons. The third-order valence-electron chi connectivity index (χ3n) is 2.56. The van der Waals surface area contributed by atoms with Crippen molar-refractivity contribution in [2.45, 2.75) is 13.2 Å². The molecule has 2 aromatic rings. The molecule has 0 saturated heterocycles. The van der Waals surface area contributed by atoms with Gasteiger partial charge in [-0.05, 0) is 23.3 Å². The number of benzene rings is 2. The first kappa shape index (κ1) is 13.0. The van der Waals surface area contributed by atoms with Gasteiger partial charge in [0.15, 0.2) is 0 Å². The van der Waals surface area contributed by atoms with Gasteiger partial charge < -0.3 is 15.2 Å². The van der Waals surface area contributed by atoms with E-state index in [-0.39, 0.29) is 12.4 Å². The summed E-state index contributed by atoms with van der Waals surface area (Å²) in [6.45, 7) is 0.564. The van der Waals surface area contributed by atoms with Crippen LogP contribution in [0.2, 0.25) is 0 Å². The van der Waals surface area contributed by atoms with Gasteiger partial charge in [0.2, 0.25) is 0 Å². The van der Waals surface area contributed by atoms with Crippen molar-refractivity contribution in [2.24, 2.45) is 0 Å². The molecule has 0 aromatic heterocycles. The maximum Gasteiger partial charge on any atom is 0.407 e. The molecule has 4 heteroatoms. The molecular formula is C15H15NO3. The zero-order valence-corrected chi connectivity index (χ0v) is 10.4. The topological polar surface area (TPSA) is 58.6 Å². The summed E-state index contributed by atoms with van der Waals surface area (Å²) in [6.07, 6.45) is -0.479. The molecule has 0 atom stereocenters. The molecule has 0 aliphatic heterocycles. The van der Waals surface area contributed by atoms with E-state index in [9.17, 15) is 9.90 Å². The van der Waals surface area contributed by atoms with E-state index in [1.54, 1.807) is 18.2 Å². The van der Waals surface area contributed by atoms with Crippen LogP contribution < -0.4 is 5.32 Å². The molecular weight excluding hydrogens is 242 g/mol. The number of hydrogen-bond acceptors (Lipinski definition) is 3. The number of amides is 1. The highest BCUT2D eigenvalue weighted by Crippen LogP contribution is 2.10. The Morgan fingerprint density at radius 1 is 1.05 bits per heavy atom. The highest BCUT2D eigenvalue weighted by Gasteiger charge is 2.02. The number of phenols is 1. The molecule has 0 unspecified atom stereocenters. The summed E-state index contributed by atoms with van der Waals surface area (Å²) in [7, 11) is 0. The van der Waals surface area contributed by atoms with Gasteiger partial charge >= 0.3 is 6.09 Å². The molecule has 4 nitrogen and oxygen atoms in total. The molecule has 1 amide bonds. The normalized spacial score (nSPS) is 9.89. The van der Waals surface area contributed by atoms with E-state index in [1.165, 1.54) is 0 Å². The predicted octanol–water partition coefficient (Wildman–Crippen LogP) is 2.82. The fraction of sp³-hybridized carbons (Fsp3) is 0.133. The van der Waals surface area contributed by atoms with Gasteiger partial charge in [-0.15, -0.1) is 0 Å². The van der Waals surface area contributed by atoms with Crippen molar-refractivity contribution < 1.29 is 14.6 Å². The van der Waals surface area contributed by atoms with E-state index < -0.39 is 6.09 Å². The molecule has 2 N–H and O–H groups in total. The number of aromatic hydroxyl groups is 1. The highest BCUT2D eigenvalue weighted by atomic mass is 16.5. The van der Waals surface area contributed by atoms with E-state index in [0.29, 0.717) is 6.54 Å². The number of alkyl carbamates (subject to hydrolysis) is 1. The molecule has 0 spiro atoms. The Hall–Kier alpha value is -2.49. The monoisotopic (exact) mass is 257 g/mol.